The fraction of sp³-hybridized carbons (Fsp3) is 0.533. The number of nitro benzene ring substituents is 1. The first-order chi connectivity index (χ1) is 10.5. The van der Waals surface area contributed by atoms with Crippen molar-refractivity contribution in [3.8, 4) is 0 Å². The molecule has 0 unspecified atom stereocenters. The third-order valence-corrected chi connectivity index (χ3v) is 3.88. The smallest absolute Gasteiger partial charge is 0.269 e. The largest absolute Gasteiger partial charge is 0.392 e. The lowest BCUT2D eigenvalue weighted by molar-refractivity contribution is -0.384. The molecule has 1 aliphatic rings. The molecule has 1 aromatic rings. The summed E-state index contributed by atoms with van der Waals surface area (Å²) in [6.45, 7) is 3.92. The molecule has 2 N–H and O–H groups in total. The summed E-state index contributed by atoms with van der Waals surface area (Å²) in [5.41, 5.74) is 0.871. The molecule has 22 heavy (non-hydrogen) atoms. The molecule has 1 heterocycles. The van der Waals surface area contributed by atoms with Crippen LogP contribution in [0.2, 0.25) is 0 Å². The van der Waals surface area contributed by atoms with Crippen LogP contribution in [0.3, 0.4) is 0 Å². The number of likely N-dealkylation sites (tertiary alicyclic amines) is 1. The number of nitrogens with zero attached hydrogens (tertiary/aromatic N) is 2. The van der Waals surface area contributed by atoms with E-state index in [-0.39, 0.29) is 23.6 Å². The number of hydrogen-bond acceptors (Lipinski definition) is 5. The van der Waals surface area contributed by atoms with Crippen molar-refractivity contribution in [2.24, 2.45) is 0 Å². The fourth-order valence-corrected chi connectivity index (χ4v) is 2.74. The van der Waals surface area contributed by atoms with Crippen molar-refractivity contribution in [2.75, 3.05) is 26.2 Å². The van der Waals surface area contributed by atoms with Crippen molar-refractivity contribution < 1.29 is 14.8 Å². The topological polar surface area (TPSA) is 95.7 Å². The first-order valence-corrected chi connectivity index (χ1v) is 7.35. The second kappa shape index (κ2) is 7.33. The number of nitro groups is 1. The van der Waals surface area contributed by atoms with Gasteiger partial charge in [-0.2, -0.15) is 0 Å². The van der Waals surface area contributed by atoms with Gasteiger partial charge in [0.2, 0.25) is 5.91 Å². The Hall–Kier alpha value is -1.99. The van der Waals surface area contributed by atoms with Crippen molar-refractivity contribution >= 4 is 11.6 Å². The van der Waals surface area contributed by atoms with E-state index < -0.39 is 4.92 Å². The third-order valence-electron chi connectivity index (χ3n) is 3.88. The van der Waals surface area contributed by atoms with Crippen LogP contribution in [0.1, 0.15) is 24.8 Å². The predicted octanol–water partition coefficient (Wildman–Crippen LogP) is 0.881. The minimum Gasteiger partial charge on any atom is -0.392 e. The van der Waals surface area contributed by atoms with E-state index in [9.17, 15) is 20.0 Å². The van der Waals surface area contributed by atoms with Crippen LogP contribution in [-0.4, -0.2) is 53.1 Å². The van der Waals surface area contributed by atoms with Crippen LogP contribution in [0.25, 0.3) is 0 Å². The first kappa shape index (κ1) is 16.4. The molecule has 0 saturated carbocycles. The average molecular weight is 307 g/mol. The lowest BCUT2D eigenvalue weighted by atomic mass is 9.97. The maximum absolute atomic E-state index is 11.2. The lowest BCUT2D eigenvalue weighted by Crippen LogP contribution is -2.34. The number of benzene rings is 1. The Bertz CT molecular complexity index is 549. The molecule has 1 amide bonds. The number of amides is 1. The Balaban J connectivity index is 2.13. The van der Waals surface area contributed by atoms with Gasteiger partial charge in [0.15, 0.2) is 0 Å². The van der Waals surface area contributed by atoms with Gasteiger partial charge < -0.3 is 10.4 Å². The molecule has 7 nitrogen and oxygen atoms in total. The van der Waals surface area contributed by atoms with Gasteiger partial charge in [-0.1, -0.05) is 12.1 Å². The minimum atomic E-state index is -0.418. The van der Waals surface area contributed by atoms with E-state index in [0.717, 1.165) is 18.5 Å². The summed E-state index contributed by atoms with van der Waals surface area (Å²) in [6, 6.07) is 6.51. The Morgan fingerprint density at radius 3 is 2.95 bits per heavy atom. The number of carbonyl (C=O) groups is 1. The number of nitrogens with one attached hydrogen (secondary N) is 1. The zero-order valence-electron chi connectivity index (χ0n) is 12.6. The molecule has 0 radical (unpaired) electrons. The summed E-state index contributed by atoms with van der Waals surface area (Å²) in [7, 11) is 0. The van der Waals surface area contributed by atoms with E-state index in [4.69, 9.17) is 0 Å². The van der Waals surface area contributed by atoms with Gasteiger partial charge in [0.1, 0.15) is 0 Å². The molecule has 1 fully saturated rings. The summed E-state index contributed by atoms with van der Waals surface area (Å²) in [5, 5.41) is 23.3. The van der Waals surface area contributed by atoms with Gasteiger partial charge in [-0.15, -0.1) is 0 Å². The van der Waals surface area contributed by atoms with Crippen LogP contribution < -0.4 is 5.32 Å². The summed E-state index contributed by atoms with van der Waals surface area (Å²) >= 11 is 0. The van der Waals surface area contributed by atoms with Crippen molar-refractivity contribution in [3.63, 3.8) is 0 Å². The lowest BCUT2D eigenvalue weighted by Gasteiger charge is -2.24. The predicted molar refractivity (Wildman–Crippen MR) is 81.6 cm³/mol. The molecule has 0 aromatic heterocycles. The fourth-order valence-electron chi connectivity index (χ4n) is 2.74. The summed E-state index contributed by atoms with van der Waals surface area (Å²) < 4.78 is 0. The van der Waals surface area contributed by atoms with Crippen molar-refractivity contribution in [2.45, 2.75) is 25.4 Å². The Labute approximate surface area is 129 Å². The molecular formula is C15H21N3O4. The van der Waals surface area contributed by atoms with Crippen LogP contribution in [0.15, 0.2) is 24.3 Å². The summed E-state index contributed by atoms with van der Waals surface area (Å²) in [5.74, 6) is -0.175. The quantitative estimate of drug-likeness (QED) is 0.601. The van der Waals surface area contributed by atoms with Gasteiger partial charge in [-0.05, 0) is 12.0 Å². The van der Waals surface area contributed by atoms with Crippen molar-refractivity contribution in [1.82, 2.24) is 10.2 Å². The molecule has 1 aliphatic heterocycles. The molecule has 7 heteroatoms. The highest BCUT2D eigenvalue weighted by molar-refractivity contribution is 5.72. The Kier molecular flexibility index (Phi) is 5.46. The van der Waals surface area contributed by atoms with E-state index >= 15 is 0 Å². The maximum atomic E-state index is 11.2. The Morgan fingerprint density at radius 2 is 2.36 bits per heavy atom. The highest BCUT2D eigenvalue weighted by Crippen LogP contribution is 2.23. The van der Waals surface area contributed by atoms with E-state index in [1.165, 1.54) is 13.0 Å². The molecule has 2 atom stereocenters. The second-order valence-electron chi connectivity index (χ2n) is 5.69. The number of hydrogen-bond donors (Lipinski definition) is 2. The SMILES string of the molecule is CC(=O)NC[C@@H](CN1CC[C@H](O)C1)c1cccc([N+](=O)[O-])c1. The van der Waals surface area contributed by atoms with Gasteiger partial charge >= 0.3 is 0 Å². The number of aliphatic hydroxyl groups is 1. The monoisotopic (exact) mass is 307 g/mol. The highest BCUT2D eigenvalue weighted by atomic mass is 16.6. The molecule has 120 valence electrons. The number of aliphatic hydroxyl groups excluding tert-OH is 1. The third kappa shape index (κ3) is 4.51. The standard InChI is InChI=1S/C15H21N3O4/c1-11(19)16-8-13(9-17-6-5-15(20)10-17)12-3-2-4-14(7-12)18(21)22/h2-4,7,13,15,20H,5-6,8-10H2,1H3,(H,16,19)/t13-,15-/m0/s1. The van der Waals surface area contributed by atoms with Gasteiger partial charge in [0, 0.05) is 51.2 Å². The molecule has 1 aromatic carbocycles. The van der Waals surface area contributed by atoms with Gasteiger partial charge in [-0.3, -0.25) is 19.8 Å². The van der Waals surface area contributed by atoms with E-state index in [1.807, 2.05) is 6.07 Å². The molecule has 1 saturated heterocycles. The Morgan fingerprint density at radius 1 is 1.59 bits per heavy atom. The van der Waals surface area contributed by atoms with E-state index in [1.54, 1.807) is 12.1 Å². The number of β-amino-alcohol motifs (C(OH)–C–C–N with tert-alkyl or cyclic N) is 1. The van der Waals surface area contributed by atoms with Crippen LogP contribution in [0.4, 0.5) is 5.69 Å². The number of rotatable bonds is 6. The summed E-state index contributed by atoms with van der Waals surface area (Å²) in [6.07, 6.45) is 0.424. The van der Waals surface area contributed by atoms with Gasteiger partial charge in [-0.25, -0.2) is 0 Å². The molecular weight excluding hydrogens is 286 g/mol. The zero-order valence-corrected chi connectivity index (χ0v) is 12.6. The van der Waals surface area contributed by atoms with Gasteiger partial charge in [0.25, 0.3) is 5.69 Å². The van der Waals surface area contributed by atoms with Crippen molar-refractivity contribution in [1.29, 1.82) is 0 Å². The first-order valence-electron chi connectivity index (χ1n) is 7.35. The van der Waals surface area contributed by atoms with Crippen LogP contribution in [-0.2, 0) is 4.79 Å². The molecule has 0 bridgehead atoms. The molecule has 0 aliphatic carbocycles. The molecule has 0 spiro atoms. The number of carbonyl (C=O) groups excluding carboxylic acids is 1. The zero-order chi connectivity index (χ0) is 16.1. The van der Waals surface area contributed by atoms with E-state index in [2.05, 4.69) is 10.2 Å². The van der Waals surface area contributed by atoms with Gasteiger partial charge in [0.05, 0.1) is 11.0 Å². The second-order valence-corrected chi connectivity index (χ2v) is 5.69. The van der Waals surface area contributed by atoms with Crippen LogP contribution in [0.5, 0.6) is 0 Å². The normalized spacial score (nSPS) is 19.8. The minimum absolute atomic E-state index is 0.0471. The van der Waals surface area contributed by atoms with Crippen LogP contribution >= 0.6 is 0 Å². The number of non-ortho nitro benzene ring substituents is 1. The molecule has 2 rings (SSSR count). The maximum Gasteiger partial charge on any atom is 0.269 e. The van der Waals surface area contributed by atoms with Crippen LogP contribution in [0, 0.1) is 10.1 Å². The highest BCUT2D eigenvalue weighted by Gasteiger charge is 2.24. The average Bonchev–Trinajstić information content (AvgIpc) is 2.88. The van der Waals surface area contributed by atoms with E-state index in [0.29, 0.717) is 19.6 Å². The van der Waals surface area contributed by atoms with Crippen molar-refractivity contribution in [3.05, 3.63) is 39.9 Å². The summed E-state index contributed by atoms with van der Waals surface area (Å²) in [4.78, 5) is 23.8.